The summed E-state index contributed by atoms with van der Waals surface area (Å²) in [5.41, 5.74) is -1.66. The Hall–Kier alpha value is -2.00. The van der Waals surface area contributed by atoms with Gasteiger partial charge in [-0.2, -0.15) is 26.3 Å². The largest absolute Gasteiger partial charge is 0.618 e. The molecule has 2 rings (SSSR count). The molecule has 0 bridgehead atoms. The van der Waals surface area contributed by atoms with E-state index in [1.165, 1.54) is 19.1 Å². The van der Waals surface area contributed by atoms with E-state index in [4.69, 9.17) is 11.6 Å². The maximum atomic E-state index is 13.2. The minimum Gasteiger partial charge on any atom is -0.618 e. The van der Waals surface area contributed by atoms with Crippen molar-refractivity contribution in [1.82, 2.24) is 0 Å². The minimum atomic E-state index is -4.74. The summed E-state index contributed by atoms with van der Waals surface area (Å²) in [7, 11) is -4.51. The molecule has 0 unspecified atom stereocenters. The van der Waals surface area contributed by atoms with Crippen LogP contribution in [0.3, 0.4) is 0 Å². The molecule has 0 aliphatic carbocycles. The lowest BCUT2D eigenvalue weighted by Gasteiger charge is -2.24. The molecule has 1 aromatic heterocycles. The molecule has 0 aliphatic heterocycles. The fourth-order valence-electron chi connectivity index (χ4n) is 2.16. The highest BCUT2D eigenvalue weighted by atomic mass is 35.5. The van der Waals surface area contributed by atoms with Gasteiger partial charge in [-0.15, -0.1) is 0 Å². The molecule has 0 fully saturated rings. The average molecular weight is 381 g/mol. The number of benzene rings is 1. The Balaban J connectivity index is 2.65. The number of para-hydroxylation sites is 1. The highest BCUT2D eigenvalue weighted by Crippen LogP contribution is 2.37. The molecule has 10 heteroatoms. The molecule has 0 atom stereocenters. The number of hydrogen-bond donors (Lipinski definition) is 0. The van der Waals surface area contributed by atoms with Gasteiger partial charge in [0.05, 0.1) is 11.3 Å². The van der Waals surface area contributed by atoms with Crippen LogP contribution in [-0.2, 0) is 16.2 Å². The van der Waals surface area contributed by atoms with Gasteiger partial charge in [-0.3, -0.25) is 4.31 Å². The number of halogens is 4. The van der Waals surface area contributed by atoms with E-state index in [0.29, 0.717) is 4.31 Å². The number of alkyl halides is 3. The Morgan fingerprint density at radius 1 is 1.21 bits per heavy atom. The predicted molar refractivity (Wildman–Crippen MR) is 82.1 cm³/mol. The third kappa shape index (κ3) is 3.41. The zero-order chi connectivity index (χ0) is 18.1. The number of hydrogen-bond acceptors (Lipinski definition) is 3. The van der Waals surface area contributed by atoms with Crippen molar-refractivity contribution in [2.24, 2.45) is 0 Å². The van der Waals surface area contributed by atoms with Gasteiger partial charge in [0.25, 0.3) is 0 Å². The third-order valence-corrected chi connectivity index (χ3v) is 5.27. The van der Waals surface area contributed by atoms with Crippen LogP contribution in [0.15, 0.2) is 47.6 Å². The summed E-state index contributed by atoms with van der Waals surface area (Å²) in [5.74, 6) is 0. The van der Waals surface area contributed by atoms with Gasteiger partial charge in [0.1, 0.15) is 5.02 Å². The lowest BCUT2D eigenvalue weighted by atomic mass is 10.1. The van der Waals surface area contributed by atoms with Crippen LogP contribution in [0, 0.1) is 5.21 Å². The first-order valence-electron chi connectivity index (χ1n) is 6.66. The van der Waals surface area contributed by atoms with E-state index in [9.17, 15) is 26.8 Å². The molecule has 1 aromatic carbocycles. The minimum absolute atomic E-state index is 0.00249. The van der Waals surface area contributed by atoms with Gasteiger partial charge in [0.2, 0.25) is 0 Å². The monoisotopic (exact) mass is 380 g/mol. The summed E-state index contributed by atoms with van der Waals surface area (Å²) in [6, 6.07) is 6.38. The van der Waals surface area contributed by atoms with Crippen LogP contribution in [-0.4, -0.2) is 15.0 Å². The van der Waals surface area contributed by atoms with Crippen molar-refractivity contribution in [1.29, 1.82) is 0 Å². The Morgan fingerprint density at radius 3 is 2.38 bits per heavy atom. The molecule has 0 saturated heterocycles. The molecule has 1 heterocycles. The lowest BCUT2D eigenvalue weighted by Crippen LogP contribution is -2.41. The van der Waals surface area contributed by atoms with Crippen LogP contribution in [0.25, 0.3) is 0 Å². The molecule has 130 valence electrons. The number of pyridine rings is 1. The zero-order valence-corrected chi connectivity index (χ0v) is 13.9. The van der Waals surface area contributed by atoms with Crippen molar-refractivity contribution < 1.29 is 26.3 Å². The molecular weight excluding hydrogens is 369 g/mol. The molecule has 2 aromatic rings. The van der Waals surface area contributed by atoms with Crippen LogP contribution < -0.4 is 9.04 Å². The molecule has 0 radical (unpaired) electrons. The van der Waals surface area contributed by atoms with E-state index in [-0.39, 0.29) is 16.3 Å². The summed E-state index contributed by atoms with van der Waals surface area (Å²) in [5, 5.41) is 11.1. The van der Waals surface area contributed by atoms with Crippen molar-refractivity contribution in [3.05, 3.63) is 58.4 Å². The van der Waals surface area contributed by atoms with Crippen LogP contribution >= 0.6 is 11.6 Å². The second kappa shape index (κ2) is 6.48. The molecule has 24 heavy (non-hydrogen) atoms. The molecular formula is C14H12ClF3N2O3S. The smallest absolute Gasteiger partial charge is 0.418 e. The van der Waals surface area contributed by atoms with E-state index in [1.807, 2.05) is 0 Å². The number of anilines is 1. The second-order valence-corrected chi connectivity index (χ2v) is 6.94. The number of rotatable bonds is 4. The van der Waals surface area contributed by atoms with Crippen molar-refractivity contribution in [3.63, 3.8) is 0 Å². The molecule has 0 spiro atoms. The van der Waals surface area contributed by atoms with Crippen LogP contribution in [0.1, 0.15) is 12.5 Å². The zero-order valence-electron chi connectivity index (χ0n) is 12.3. The summed E-state index contributed by atoms with van der Waals surface area (Å²) in [6.45, 7) is 1.08. The fourth-order valence-corrected chi connectivity index (χ4v) is 3.81. The maximum Gasteiger partial charge on any atom is 0.418 e. The van der Waals surface area contributed by atoms with Gasteiger partial charge < -0.3 is 5.21 Å². The van der Waals surface area contributed by atoms with Crippen molar-refractivity contribution in [2.45, 2.75) is 18.1 Å². The normalized spacial score (nSPS) is 12.2. The molecule has 0 saturated carbocycles. The van der Waals surface area contributed by atoms with Crippen molar-refractivity contribution in [2.75, 3.05) is 10.8 Å². The van der Waals surface area contributed by atoms with E-state index in [2.05, 4.69) is 0 Å². The third-order valence-electron chi connectivity index (χ3n) is 3.16. The van der Waals surface area contributed by atoms with Crippen LogP contribution in [0.4, 0.5) is 18.9 Å². The molecule has 0 amide bonds. The number of aromatic nitrogens is 1. The first-order chi connectivity index (χ1) is 11.1. The standard InChI is InChI=1S/C14H12ClF3N2O3S/c1-2-20(12-6-4-3-5-11(12)14(16,17)18)24(22,23)13-8-7-10(15)9-19(13)21/h3-9H,2H2,1H3. The highest BCUT2D eigenvalue weighted by Gasteiger charge is 2.39. The van der Waals surface area contributed by atoms with E-state index >= 15 is 0 Å². The van der Waals surface area contributed by atoms with Crippen LogP contribution in [0.2, 0.25) is 5.02 Å². The Labute approximate surface area is 141 Å². The van der Waals surface area contributed by atoms with Gasteiger partial charge in [0.15, 0.2) is 6.20 Å². The second-order valence-electron chi connectivity index (χ2n) is 4.70. The van der Waals surface area contributed by atoms with Crippen molar-refractivity contribution >= 4 is 27.3 Å². The first kappa shape index (κ1) is 18.3. The number of nitrogens with zero attached hydrogens (tertiary/aromatic N) is 2. The van der Waals surface area contributed by atoms with Gasteiger partial charge in [0, 0.05) is 12.6 Å². The first-order valence-corrected chi connectivity index (χ1v) is 8.48. The molecule has 0 N–H and O–H groups in total. The summed E-state index contributed by atoms with van der Waals surface area (Å²) >= 11 is 5.60. The van der Waals surface area contributed by atoms with Gasteiger partial charge in [-0.1, -0.05) is 23.7 Å². The molecule has 0 aliphatic rings. The van der Waals surface area contributed by atoms with E-state index in [0.717, 1.165) is 30.5 Å². The van der Waals surface area contributed by atoms with Gasteiger partial charge in [-0.25, -0.2) is 0 Å². The fraction of sp³-hybridized carbons (Fsp3) is 0.214. The average Bonchev–Trinajstić information content (AvgIpc) is 2.46. The molecule has 5 nitrogen and oxygen atoms in total. The predicted octanol–water partition coefficient (Wildman–Crippen LogP) is 3.21. The van der Waals surface area contributed by atoms with E-state index < -0.39 is 32.5 Å². The maximum absolute atomic E-state index is 13.2. The van der Waals surface area contributed by atoms with Gasteiger partial charge >= 0.3 is 21.2 Å². The quantitative estimate of drug-likeness (QED) is 0.604. The number of sulfonamides is 1. The summed E-state index contributed by atoms with van der Waals surface area (Å²) in [6.07, 6.45) is -3.93. The lowest BCUT2D eigenvalue weighted by molar-refractivity contribution is -0.646. The van der Waals surface area contributed by atoms with E-state index in [1.54, 1.807) is 0 Å². The SMILES string of the molecule is CCN(c1ccccc1C(F)(F)F)S(=O)(=O)c1ccc(Cl)c[n+]1[O-]. The van der Waals surface area contributed by atoms with Crippen LogP contribution in [0.5, 0.6) is 0 Å². The Bertz CT molecular complexity index is 857. The Morgan fingerprint density at radius 2 is 1.83 bits per heavy atom. The summed E-state index contributed by atoms with van der Waals surface area (Å²) < 4.78 is 65.4. The van der Waals surface area contributed by atoms with Gasteiger partial charge in [-0.05, 0) is 25.1 Å². The summed E-state index contributed by atoms with van der Waals surface area (Å²) in [4.78, 5) is 0. The highest BCUT2D eigenvalue weighted by molar-refractivity contribution is 7.92. The Kier molecular flexibility index (Phi) is 4.95. The topological polar surface area (TPSA) is 64.3 Å². The van der Waals surface area contributed by atoms with Crippen molar-refractivity contribution in [3.8, 4) is 0 Å².